The lowest BCUT2D eigenvalue weighted by atomic mass is 10.2. The topological polar surface area (TPSA) is 69.1 Å². The minimum absolute atomic E-state index is 0.0838. The smallest absolute Gasteiger partial charge is 0.349 e. The van der Waals surface area contributed by atoms with Crippen molar-refractivity contribution in [1.82, 2.24) is 10.2 Å². The molecule has 0 radical (unpaired) electrons. The van der Waals surface area contributed by atoms with Gasteiger partial charge in [-0.2, -0.15) is 0 Å². The lowest BCUT2D eigenvalue weighted by molar-refractivity contribution is 0.547. The highest BCUT2D eigenvalue weighted by Crippen LogP contribution is 2.29. The highest BCUT2D eigenvalue weighted by molar-refractivity contribution is 9.10. The predicted molar refractivity (Wildman–Crippen MR) is 93.9 cm³/mol. The SMILES string of the molecule is O=c1oc2ccc(Br)cc2cc1-c1nnc(-c2ccccc2Cl)o1. The third-order valence-corrected chi connectivity index (χ3v) is 4.28. The summed E-state index contributed by atoms with van der Waals surface area (Å²) in [5.41, 5.74) is 0.745. The minimum atomic E-state index is -0.542. The van der Waals surface area contributed by atoms with E-state index in [2.05, 4.69) is 26.1 Å². The normalized spacial score (nSPS) is 11.1. The number of nitrogens with zero attached hydrogens (tertiary/aromatic N) is 2. The van der Waals surface area contributed by atoms with Gasteiger partial charge in [-0.05, 0) is 36.4 Å². The van der Waals surface area contributed by atoms with Gasteiger partial charge in [0.15, 0.2) is 0 Å². The van der Waals surface area contributed by atoms with Crippen LogP contribution in [0.5, 0.6) is 0 Å². The van der Waals surface area contributed by atoms with Crippen LogP contribution in [-0.4, -0.2) is 10.2 Å². The first kappa shape index (κ1) is 15.1. The Morgan fingerprint density at radius 3 is 2.46 bits per heavy atom. The molecule has 0 saturated heterocycles. The molecule has 7 heteroatoms. The second-order valence-electron chi connectivity index (χ2n) is 5.02. The third-order valence-electron chi connectivity index (χ3n) is 3.45. The van der Waals surface area contributed by atoms with Crippen LogP contribution < -0.4 is 5.63 Å². The zero-order valence-corrected chi connectivity index (χ0v) is 14.3. The fourth-order valence-electron chi connectivity index (χ4n) is 2.32. The first-order chi connectivity index (χ1) is 11.6. The van der Waals surface area contributed by atoms with E-state index < -0.39 is 5.63 Å². The Hall–Kier alpha value is -2.44. The van der Waals surface area contributed by atoms with Crippen LogP contribution in [0.3, 0.4) is 0 Å². The molecule has 5 nitrogen and oxygen atoms in total. The van der Waals surface area contributed by atoms with E-state index in [1.807, 2.05) is 12.1 Å². The van der Waals surface area contributed by atoms with Gasteiger partial charge in [-0.3, -0.25) is 0 Å². The summed E-state index contributed by atoms with van der Waals surface area (Å²) in [7, 11) is 0. The summed E-state index contributed by atoms with van der Waals surface area (Å²) in [6, 6.07) is 14.1. The van der Waals surface area contributed by atoms with Gasteiger partial charge >= 0.3 is 5.63 Å². The lowest BCUT2D eigenvalue weighted by Crippen LogP contribution is -2.02. The average molecular weight is 404 g/mol. The van der Waals surface area contributed by atoms with E-state index in [4.69, 9.17) is 20.4 Å². The van der Waals surface area contributed by atoms with Gasteiger partial charge < -0.3 is 8.83 Å². The quantitative estimate of drug-likeness (QED) is 0.444. The second kappa shape index (κ2) is 5.89. The van der Waals surface area contributed by atoms with E-state index in [-0.39, 0.29) is 17.3 Å². The minimum Gasteiger partial charge on any atom is -0.422 e. The lowest BCUT2D eigenvalue weighted by Gasteiger charge is -2.00. The summed E-state index contributed by atoms with van der Waals surface area (Å²) in [6.07, 6.45) is 0. The van der Waals surface area contributed by atoms with Crippen molar-refractivity contribution in [3.05, 3.63) is 68.4 Å². The molecule has 0 aliphatic rings. The zero-order chi connectivity index (χ0) is 16.7. The Labute approximate surface area is 149 Å². The number of aromatic nitrogens is 2. The Bertz CT molecular complexity index is 1120. The van der Waals surface area contributed by atoms with Crippen molar-refractivity contribution in [2.75, 3.05) is 0 Å². The van der Waals surface area contributed by atoms with Crippen LogP contribution in [-0.2, 0) is 0 Å². The van der Waals surface area contributed by atoms with Crippen molar-refractivity contribution >= 4 is 38.5 Å². The molecule has 0 N–H and O–H groups in total. The zero-order valence-electron chi connectivity index (χ0n) is 12.0. The molecular weight excluding hydrogens is 396 g/mol. The molecule has 0 spiro atoms. The Kier molecular flexibility index (Phi) is 3.70. The number of hydrogen-bond donors (Lipinski definition) is 0. The number of benzene rings is 2. The van der Waals surface area contributed by atoms with Crippen LogP contribution in [0.4, 0.5) is 0 Å². The first-order valence-electron chi connectivity index (χ1n) is 6.94. The van der Waals surface area contributed by atoms with Crippen molar-refractivity contribution in [3.8, 4) is 22.9 Å². The van der Waals surface area contributed by atoms with Crippen LogP contribution in [0.2, 0.25) is 5.02 Å². The third kappa shape index (κ3) is 2.64. The van der Waals surface area contributed by atoms with Gasteiger partial charge in [0, 0.05) is 9.86 Å². The molecule has 4 aromatic rings. The van der Waals surface area contributed by atoms with Crippen molar-refractivity contribution in [2.45, 2.75) is 0 Å². The Morgan fingerprint density at radius 1 is 0.917 bits per heavy atom. The van der Waals surface area contributed by atoms with Crippen molar-refractivity contribution < 1.29 is 8.83 Å². The van der Waals surface area contributed by atoms with Crippen molar-refractivity contribution in [2.24, 2.45) is 0 Å². The average Bonchev–Trinajstić information content (AvgIpc) is 3.04. The van der Waals surface area contributed by atoms with Crippen LogP contribution in [0, 0.1) is 0 Å². The van der Waals surface area contributed by atoms with Gasteiger partial charge in [0.25, 0.3) is 5.89 Å². The van der Waals surface area contributed by atoms with Crippen LogP contribution in [0.25, 0.3) is 33.9 Å². The standard InChI is InChI=1S/C17H8BrClN2O3/c18-10-5-6-14-9(7-10)8-12(17(22)23-14)16-21-20-15(24-16)11-3-1-2-4-13(11)19/h1-8H. The molecular formula is C17H8BrClN2O3. The Balaban J connectivity index is 1.85. The molecule has 0 unspecified atom stereocenters. The van der Waals surface area contributed by atoms with Crippen LogP contribution >= 0.6 is 27.5 Å². The maximum absolute atomic E-state index is 12.2. The first-order valence-corrected chi connectivity index (χ1v) is 8.11. The van der Waals surface area contributed by atoms with Crippen LogP contribution in [0.1, 0.15) is 0 Å². The van der Waals surface area contributed by atoms with E-state index in [1.54, 1.807) is 36.4 Å². The molecule has 2 aromatic carbocycles. The van der Waals surface area contributed by atoms with Gasteiger partial charge in [0.05, 0.1) is 10.6 Å². The predicted octanol–water partition coefficient (Wildman–Crippen LogP) is 4.93. The van der Waals surface area contributed by atoms with E-state index in [1.165, 1.54) is 0 Å². The van der Waals surface area contributed by atoms with Gasteiger partial charge in [-0.25, -0.2) is 4.79 Å². The fourth-order valence-corrected chi connectivity index (χ4v) is 2.91. The van der Waals surface area contributed by atoms with E-state index in [9.17, 15) is 4.79 Å². The molecule has 2 heterocycles. The monoisotopic (exact) mass is 402 g/mol. The Morgan fingerprint density at radius 2 is 1.67 bits per heavy atom. The molecule has 0 aliphatic heterocycles. The van der Waals surface area contributed by atoms with Crippen molar-refractivity contribution in [3.63, 3.8) is 0 Å². The summed E-state index contributed by atoms with van der Waals surface area (Å²) in [5, 5.41) is 9.15. The molecule has 0 fully saturated rings. The number of halogens is 2. The summed E-state index contributed by atoms with van der Waals surface area (Å²) in [6.45, 7) is 0. The van der Waals surface area contributed by atoms with E-state index >= 15 is 0 Å². The molecule has 0 atom stereocenters. The molecule has 0 bridgehead atoms. The summed E-state index contributed by atoms with van der Waals surface area (Å²) in [4.78, 5) is 12.2. The molecule has 24 heavy (non-hydrogen) atoms. The number of hydrogen-bond acceptors (Lipinski definition) is 5. The van der Waals surface area contributed by atoms with Crippen LogP contribution in [0.15, 0.2) is 66.6 Å². The molecule has 0 saturated carbocycles. The summed E-state index contributed by atoms with van der Waals surface area (Å²) < 4.78 is 11.8. The maximum atomic E-state index is 12.2. The molecule has 0 aliphatic carbocycles. The van der Waals surface area contributed by atoms with Crippen molar-refractivity contribution in [1.29, 1.82) is 0 Å². The van der Waals surface area contributed by atoms with Gasteiger partial charge in [0.2, 0.25) is 5.89 Å². The molecule has 2 aromatic heterocycles. The highest BCUT2D eigenvalue weighted by Gasteiger charge is 2.17. The van der Waals surface area contributed by atoms with Gasteiger partial charge in [0.1, 0.15) is 11.1 Å². The van der Waals surface area contributed by atoms with Gasteiger partial charge in [-0.1, -0.05) is 39.7 Å². The molecule has 0 amide bonds. The molecule has 118 valence electrons. The second-order valence-corrected chi connectivity index (χ2v) is 6.34. The summed E-state index contributed by atoms with van der Waals surface area (Å²) >= 11 is 9.52. The highest BCUT2D eigenvalue weighted by atomic mass is 79.9. The van der Waals surface area contributed by atoms with E-state index in [0.717, 1.165) is 9.86 Å². The van der Waals surface area contributed by atoms with Gasteiger partial charge in [-0.15, -0.1) is 10.2 Å². The maximum Gasteiger partial charge on any atom is 0.349 e. The number of rotatable bonds is 2. The summed E-state index contributed by atoms with van der Waals surface area (Å²) in [5.74, 6) is 0.324. The molecule has 4 rings (SSSR count). The largest absolute Gasteiger partial charge is 0.422 e. The fraction of sp³-hybridized carbons (Fsp3) is 0. The number of fused-ring (bicyclic) bond motifs is 1. The van der Waals surface area contributed by atoms with E-state index in [0.29, 0.717) is 16.2 Å².